The van der Waals surface area contributed by atoms with Crippen molar-refractivity contribution in [2.24, 2.45) is 11.8 Å². The van der Waals surface area contributed by atoms with Gasteiger partial charge in [-0.1, -0.05) is 19.8 Å². The maximum absolute atomic E-state index is 9.59. The number of hydrogen-bond acceptors (Lipinski definition) is 2. The first-order valence-corrected chi connectivity index (χ1v) is 5.64. The van der Waals surface area contributed by atoms with Crippen molar-refractivity contribution in [2.45, 2.75) is 38.7 Å². The molecule has 2 atom stereocenters. The molecule has 0 aromatic heterocycles. The van der Waals surface area contributed by atoms with Gasteiger partial charge in [0.05, 0.1) is 6.10 Å². The maximum Gasteiger partial charge on any atom is 0.0670 e. The van der Waals surface area contributed by atoms with Gasteiger partial charge in [-0.15, -0.1) is 0 Å². The van der Waals surface area contributed by atoms with Gasteiger partial charge in [0.15, 0.2) is 0 Å². The Morgan fingerprint density at radius 2 is 2.08 bits per heavy atom. The van der Waals surface area contributed by atoms with Gasteiger partial charge >= 0.3 is 0 Å². The van der Waals surface area contributed by atoms with Crippen LogP contribution in [0.4, 0.5) is 0 Å². The lowest BCUT2D eigenvalue weighted by atomic mass is 9.98. The summed E-state index contributed by atoms with van der Waals surface area (Å²) in [6.45, 7) is 5.57. The van der Waals surface area contributed by atoms with Crippen LogP contribution in [0.2, 0.25) is 0 Å². The molecule has 1 N–H and O–H groups in total. The van der Waals surface area contributed by atoms with Crippen LogP contribution in [0.25, 0.3) is 0 Å². The smallest absolute Gasteiger partial charge is 0.0670 e. The van der Waals surface area contributed by atoms with E-state index in [0.717, 1.165) is 18.9 Å². The highest BCUT2D eigenvalue weighted by Gasteiger charge is 2.26. The van der Waals surface area contributed by atoms with Crippen LogP contribution in [-0.2, 0) is 0 Å². The molecule has 13 heavy (non-hydrogen) atoms. The molecule has 2 heteroatoms. The fourth-order valence-corrected chi connectivity index (χ4v) is 2.38. The standard InChI is InChI=1S/C11H21NO/c1-9-6-11(13)8-12(7-9)5-4-10-2-3-10/h9-11,13H,2-8H2,1H3/t9-,11+/m1/s1. The lowest BCUT2D eigenvalue weighted by Crippen LogP contribution is -2.42. The van der Waals surface area contributed by atoms with Crippen molar-refractivity contribution in [3.8, 4) is 0 Å². The minimum Gasteiger partial charge on any atom is -0.392 e. The van der Waals surface area contributed by atoms with E-state index in [1.165, 1.54) is 32.4 Å². The summed E-state index contributed by atoms with van der Waals surface area (Å²) in [5, 5.41) is 9.59. The predicted octanol–water partition coefficient (Wildman–Crippen LogP) is 1.49. The molecule has 0 unspecified atom stereocenters. The van der Waals surface area contributed by atoms with Crippen LogP contribution in [0.5, 0.6) is 0 Å². The third-order valence-electron chi connectivity index (χ3n) is 3.26. The van der Waals surface area contributed by atoms with Gasteiger partial charge in [0, 0.05) is 13.1 Å². The van der Waals surface area contributed by atoms with E-state index >= 15 is 0 Å². The quantitative estimate of drug-likeness (QED) is 0.716. The summed E-state index contributed by atoms with van der Waals surface area (Å²) in [7, 11) is 0. The van der Waals surface area contributed by atoms with Crippen molar-refractivity contribution in [3.63, 3.8) is 0 Å². The number of hydrogen-bond donors (Lipinski definition) is 1. The van der Waals surface area contributed by atoms with Crippen molar-refractivity contribution in [3.05, 3.63) is 0 Å². The molecule has 76 valence electrons. The van der Waals surface area contributed by atoms with Gasteiger partial charge in [-0.05, 0) is 31.2 Å². The highest BCUT2D eigenvalue weighted by molar-refractivity contribution is 4.79. The van der Waals surface area contributed by atoms with E-state index in [9.17, 15) is 5.11 Å². The topological polar surface area (TPSA) is 23.5 Å². The van der Waals surface area contributed by atoms with Crippen LogP contribution in [-0.4, -0.2) is 35.7 Å². The summed E-state index contributed by atoms with van der Waals surface area (Å²) in [5.41, 5.74) is 0. The minimum atomic E-state index is -0.0667. The minimum absolute atomic E-state index is 0.0667. The summed E-state index contributed by atoms with van der Waals surface area (Å²) < 4.78 is 0. The molecule has 0 bridgehead atoms. The van der Waals surface area contributed by atoms with Crippen LogP contribution in [0.15, 0.2) is 0 Å². The zero-order valence-electron chi connectivity index (χ0n) is 8.58. The second-order valence-electron chi connectivity index (χ2n) is 4.99. The summed E-state index contributed by atoms with van der Waals surface area (Å²) >= 11 is 0. The van der Waals surface area contributed by atoms with Crippen molar-refractivity contribution in [1.82, 2.24) is 4.90 Å². The SMILES string of the molecule is C[C@@H]1C[C@H](O)CN(CCC2CC2)C1. The molecule has 0 aromatic rings. The first kappa shape index (κ1) is 9.47. The Kier molecular flexibility index (Phi) is 2.89. The van der Waals surface area contributed by atoms with Gasteiger partial charge in [-0.3, -0.25) is 0 Å². The molecule has 1 aliphatic carbocycles. The first-order valence-electron chi connectivity index (χ1n) is 5.64. The molecule has 0 spiro atoms. The van der Waals surface area contributed by atoms with E-state index < -0.39 is 0 Å². The lowest BCUT2D eigenvalue weighted by molar-refractivity contribution is 0.0436. The molecule has 2 aliphatic rings. The Balaban J connectivity index is 1.70. The molecular formula is C11H21NO. The van der Waals surface area contributed by atoms with Crippen molar-refractivity contribution < 1.29 is 5.11 Å². The second-order valence-corrected chi connectivity index (χ2v) is 4.99. The molecule has 2 rings (SSSR count). The Hall–Kier alpha value is -0.0800. The zero-order chi connectivity index (χ0) is 9.26. The summed E-state index contributed by atoms with van der Waals surface area (Å²) in [5.74, 6) is 1.71. The van der Waals surface area contributed by atoms with Gasteiger partial charge in [0.25, 0.3) is 0 Å². The number of nitrogens with zero attached hydrogens (tertiary/aromatic N) is 1. The number of likely N-dealkylation sites (tertiary alicyclic amines) is 1. The molecule has 1 heterocycles. The number of piperidine rings is 1. The van der Waals surface area contributed by atoms with Crippen LogP contribution in [0, 0.1) is 11.8 Å². The fourth-order valence-electron chi connectivity index (χ4n) is 2.38. The van der Waals surface area contributed by atoms with Gasteiger partial charge in [0.1, 0.15) is 0 Å². The highest BCUT2D eigenvalue weighted by Crippen LogP contribution is 2.32. The second kappa shape index (κ2) is 3.97. The number of rotatable bonds is 3. The van der Waals surface area contributed by atoms with E-state index in [2.05, 4.69) is 11.8 Å². The summed E-state index contributed by atoms with van der Waals surface area (Å²) in [6.07, 6.45) is 5.19. The van der Waals surface area contributed by atoms with Gasteiger partial charge in [-0.2, -0.15) is 0 Å². The van der Waals surface area contributed by atoms with Crippen molar-refractivity contribution >= 4 is 0 Å². The molecule has 0 radical (unpaired) electrons. The fraction of sp³-hybridized carbons (Fsp3) is 1.00. The third kappa shape index (κ3) is 2.96. The van der Waals surface area contributed by atoms with Gasteiger partial charge < -0.3 is 10.0 Å². The molecule has 2 nitrogen and oxygen atoms in total. The van der Waals surface area contributed by atoms with E-state index in [1.54, 1.807) is 0 Å². The average molecular weight is 183 g/mol. The molecule has 2 fully saturated rings. The average Bonchev–Trinajstić information content (AvgIpc) is 2.81. The Morgan fingerprint density at radius 3 is 2.69 bits per heavy atom. The summed E-state index contributed by atoms with van der Waals surface area (Å²) in [6, 6.07) is 0. The van der Waals surface area contributed by atoms with Crippen LogP contribution in [0.3, 0.4) is 0 Å². The number of aliphatic hydroxyl groups excluding tert-OH is 1. The third-order valence-corrected chi connectivity index (χ3v) is 3.26. The van der Waals surface area contributed by atoms with Crippen LogP contribution >= 0.6 is 0 Å². The van der Waals surface area contributed by atoms with E-state index in [0.29, 0.717) is 5.92 Å². The molecule has 1 saturated heterocycles. The van der Waals surface area contributed by atoms with Gasteiger partial charge in [-0.25, -0.2) is 0 Å². The first-order chi connectivity index (χ1) is 6.24. The van der Waals surface area contributed by atoms with E-state index in [1.807, 2.05) is 0 Å². The largest absolute Gasteiger partial charge is 0.392 e. The van der Waals surface area contributed by atoms with Crippen LogP contribution in [0.1, 0.15) is 32.6 Å². The molecule has 1 saturated carbocycles. The zero-order valence-corrected chi connectivity index (χ0v) is 8.58. The monoisotopic (exact) mass is 183 g/mol. The normalized spacial score (nSPS) is 36.5. The molecular weight excluding hydrogens is 162 g/mol. The maximum atomic E-state index is 9.59. The Morgan fingerprint density at radius 1 is 1.31 bits per heavy atom. The predicted molar refractivity (Wildman–Crippen MR) is 53.6 cm³/mol. The Bertz CT molecular complexity index is 157. The lowest BCUT2D eigenvalue weighted by Gasteiger charge is -2.34. The number of β-amino-alcohol motifs (C(OH)–C–C–N with tert-alkyl or cyclic N) is 1. The van der Waals surface area contributed by atoms with Crippen molar-refractivity contribution in [2.75, 3.05) is 19.6 Å². The summed E-state index contributed by atoms with van der Waals surface area (Å²) in [4.78, 5) is 2.44. The molecule has 0 amide bonds. The molecule has 1 aliphatic heterocycles. The molecule has 0 aromatic carbocycles. The highest BCUT2D eigenvalue weighted by atomic mass is 16.3. The van der Waals surface area contributed by atoms with E-state index in [-0.39, 0.29) is 6.10 Å². The van der Waals surface area contributed by atoms with Crippen LogP contribution < -0.4 is 0 Å². The van der Waals surface area contributed by atoms with Crippen molar-refractivity contribution in [1.29, 1.82) is 0 Å². The van der Waals surface area contributed by atoms with E-state index in [4.69, 9.17) is 0 Å². The van der Waals surface area contributed by atoms with Gasteiger partial charge in [0.2, 0.25) is 0 Å². The Labute approximate surface area is 80.9 Å². The number of aliphatic hydroxyl groups is 1.